The van der Waals surface area contributed by atoms with Crippen molar-refractivity contribution in [2.75, 3.05) is 18.9 Å². The largest absolute Gasteiger partial charge is 0.356 e. The van der Waals surface area contributed by atoms with Crippen LogP contribution < -0.4 is 16.0 Å². The number of aliphatic imine (C=N–C) groups is 1. The summed E-state index contributed by atoms with van der Waals surface area (Å²) in [6.07, 6.45) is 1.23. The Bertz CT molecular complexity index is 912. The van der Waals surface area contributed by atoms with Gasteiger partial charge in [0.2, 0.25) is 5.91 Å². The summed E-state index contributed by atoms with van der Waals surface area (Å²) in [5.74, 6) is 0.496. The smallest absolute Gasteiger partial charge is 0.225 e. The van der Waals surface area contributed by atoms with Crippen molar-refractivity contribution in [2.45, 2.75) is 30.7 Å². The van der Waals surface area contributed by atoms with Crippen LogP contribution in [0.25, 0.3) is 0 Å². The van der Waals surface area contributed by atoms with Gasteiger partial charge in [-0.15, -0.1) is 0 Å². The Hall–Kier alpha value is -2.60. The summed E-state index contributed by atoms with van der Waals surface area (Å²) in [6, 6.07) is 12.7. The van der Waals surface area contributed by atoms with Gasteiger partial charge in [0.05, 0.1) is 0 Å². The molecule has 2 aromatic carbocycles. The normalized spacial score (nSPS) is 23.6. The zero-order valence-corrected chi connectivity index (χ0v) is 16.3. The molecule has 0 bridgehead atoms. The maximum absolute atomic E-state index is 14.1. The van der Waals surface area contributed by atoms with Crippen LogP contribution in [-0.2, 0) is 4.79 Å². The van der Waals surface area contributed by atoms with Crippen molar-refractivity contribution in [1.29, 1.82) is 0 Å². The fourth-order valence-electron chi connectivity index (χ4n) is 3.81. The van der Waals surface area contributed by atoms with Gasteiger partial charge in [-0.3, -0.25) is 9.79 Å². The summed E-state index contributed by atoms with van der Waals surface area (Å²) in [5.41, 5.74) is 2.55. The molecular weight excluding hydrogens is 379 g/mol. The van der Waals surface area contributed by atoms with Gasteiger partial charge in [0.1, 0.15) is 5.82 Å². The topological polar surface area (TPSA) is 65.5 Å². The predicted octanol–water partition coefficient (Wildman–Crippen LogP) is 3.63. The summed E-state index contributed by atoms with van der Waals surface area (Å²) in [5, 5.41) is 10.0. The highest BCUT2D eigenvalue weighted by atomic mass is 35.5. The van der Waals surface area contributed by atoms with Crippen LogP contribution in [0.15, 0.2) is 47.5 Å². The molecule has 1 aliphatic heterocycles. The van der Waals surface area contributed by atoms with Gasteiger partial charge < -0.3 is 16.0 Å². The van der Waals surface area contributed by atoms with E-state index in [1.807, 2.05) is 24.3 Å². The lowest BCUT2D eigenvalue weighted by Gasteiger charge is -2.26. The van der Waals surface area contributed by atoms with Gasteiger partial charge in [0.15, 0.2) is 5.96 Å². The maximum atomic E-state index is 14.1. The molecule has 1 heterocycles. The van der Waals surface area contributed by atoms with E-state index in [2.05, 4.69) is 20.9 Å². The third-order valence-electron chi connectivity index (χ3n) is 5.33. The first-order valence-electron chi connectivity index (χ1n) is 9.36. The van der Waals surface area contributed by atoms with Gasteiger partial charge in [0.25, 0.3) is 0 Å². The van der Waals surface area contributed by atoms with Crippen LogP contribution in [0, 0.1) is 5.82 Å². The van der Waals surface area contributed by atoms with Gasteiger partial charge >= 0.3 is 0 Å². The van der Waals surface area contributed by atoms with Gasteiger partial charge in [0, 0.05) is 54.2 Å². The number of fused-ring (bicyclic) bond motifs is 1. The fourth-order valence-corrected chi connectivity index (χ4v) is 4.12. The molecule has 7 heteroatoms. The van der Waals surface area contributed by atoms with Crippen LogP contribution in [0.1, 0.15) is 35.8 Å². The van der Waals surface area contributed by atoms with E-state index in [-0.39, 0.29) is 29.6 Å². The average Bonchev–Trinajstić information content (AvgIpc) is 3.43. The minimum Gasteiger partial charge on any atom is -0.356 e. The van der Waals surface area contributed by atoms with Gasteiger partial charge in [-0.05, 0) is 30.2 Å². The first-order chi connectivity index (χ1) is 13.6. The second-order valence-corrected chi connectivity index (χ2v) is 7.63. The molecule has 146 valence electrons. The van der Waals surface area contributed by atoms with E-state index >= 15 is 0 Å². The zero-order chi connectivity index (χ0) is 19.7. The lowest BCUT2D eigenvalue weighted by Crippen LogP contribution is -2.42. The van der Waals surface area contributed by atoms with Gasteiger partial charge in [-0.2, -0.15) is 0 Å². The van der Waals surface area contributed by atoms with E-state index in [0.717, 1.165) is 17.7 Å². The molecule has 3 unspecified atom stereocenters. The quantitative estimate of drug-likeness (QED) is 0.542. The van der Waals surface area contributed by atoms with Gasteiger partial charge in [-0.25, -0.2) is 4.39 Å². The molecule has 4 rings (SSSR count). The standard InChI is InChI=1S/C21H22ClFN4O/c1-24-21(27-18-10-14(18)20-15(22)6-4-7-16(20)23)25-11-12-9-19(28)26-17-8-3-2-5-13(12)17/h2-8,12,14,18H,9-11H2,1H3,(H,26,28)(H2,24,25,27). The van der Waals surface area contributed by atoms with Crippen molar-refractivity contribution in [2.24, 2.45) is 4.99 Å². The van der Waals surface area contributed by atoms with Crippen LogP contribution in [0.3, 0.4) is 0 Å². The monoisotopic (exact) mass is 400 g/mol. The molecule has 0 spiro atoms. The Morgan fingerprint density at radius 2 is 2.11 bits per heavy atom. The molecule has 0 aromatic heterocycles. The third-order valence-corrected chi connectivity index (χ3v) is 5.66. The van der Waals surface area contributed by atoms with Crippen molar-refractivity contribution in [1.82, 2.24) is 10.6 Å². The Kier molecular flexibility index (Phi) is 5.22. The lowest BCUT2D eigenvalue weighted by molar-refractivity contribution is -0.116. The summed E-state index contributed by atoms with van der Waals surface area (Å²) in [4.78, 5) is 16.2. The highest BCUT2D eigenvalue weighted by Gasteiger charge is 2.42. The number of carbonyl (C=O) groups excluding carboxylic acids is 1. The van der Waals surface area contributed by atoms with E-state index in [1.165, 1.54) is 6.07 Å². The maximum Gasteiger partial charge on any atom is 0.225 e. The number of nitrogens with zero attached hydrogens (tertiary/aromatic N) is 1. The summed E-state index contributed by atoms with van der Waals surface area (Å²) in [6.45, 7) is 0.585. The lowest BCUT2D eigenvalue weighted by atomic mass is 9.90. The van der Waals surface area contributed by atoms with Crippen LogP contribution in [0.2, 0.25) is 5.02 Å². The molecule has 0 saturated heterocycles. The third kappa shape index (κ3) is 3.83. The number of anilines is 1. The predicted molar refractivity (Wildman–Crippen MR) is 109 cm³/mol. The Morgan fingerprint density at radius 1 is 1.29 bits per heavy atom. The Balaban J connectivity index is 1.38. The number of carbonyl (C=O) groups is 1. The first-order valence-corrected chi connectivity index (χ1v) is 9.74. The number of hydrogen-bond donors (Lipinski definition) is 3. The van der Waals surface area contributed by atoms with Crippen LogP contribution in [0.5, 0.6) is 0 Å². The molecular formula is C21H22ClFN4O. The minimum atomic E-state index is -0.269. The van der Waals surface area contributed by atoms with Crippen molar-refractivity contribution in [3.8, 4) is 0 Å². The average molecular weight is 401 g/mol. The van der Waals surface area contributed by atoms with E-state index in [4.69, 9.17) is 11.6 Å². The number of benzene rings is 2. The fraction of sp³-hybridized carbons (Fsp3) is 0.333. The van der Waals surface area contributed by atoms with Crippen molar-refractivity contribution < 1.29 is 9.18 Å². The number of guanidine groups is 1. The number of rotatable bonds is 4. The summed E-state index contributed by atoms with van der Waals surface area (Å²) >= 11 is 6.17. The minimum absolute atomic E-state index is 0.0184. The van der Waals surface area contributed by atoms with E-state index < -0.39 is 0 Å². The molecule has 2 aliphatic rings. The second kappa shape index (κ2) is 7.80. The summed E-state index contributed by atoms with van der Waals surface area (Å²) in [7, 11) is 1.70. The molecule has 0 radical (unpaired) electrons. The number of nitrogens with one attached hydrogen (secondary N) is 3. The van der Waals surface area contributed by atoms with Crippen molar-refractivity contribution in [3.63, 3.8) is 0 Å². The second-order valence-electron chi connectivity index (χ2n) is 7.22. The van der Waals surface area contributed by atoms with E-state index in [1.54, 1.807) is 19.2 Å². The SMILES string of the molecule is CN=C(NCC1CC(=O)Nc2ccccc21)NC1CC1c1c(F)cccc1Cl. The van der Waals surface area contributed by atoms with E-state index in [9.17, 15) is 9.18 Å². The Morgan fingerprint density at radius 3 is 2.89 bits per heavy atom. The molecule has 1 amide bonds. The van der Waals surface area contributed by atoms with Crippen LogP contribution in [-0.4, -0.2) is 31.5 Å². The number of halogens is 2. The molecule has 3 N–H and O–H groups in total. The highest BCUT2D eigenvalue weighted by Crippen LogP contribution is 2.44. The first kappa shape index (κ1) is 18.7. The molecule has 2 aromatic rings. The molecule has 1 fully saturated rings. The number of amides is 1. The van der Waals surface area contributed by atoms with Crippen molar-refractivity contribution >= 4 is 29.2 Å². The van der Waals surface area contributed by atoms with Crippen LogP contribution in [0.4, 0.5) is 10.1 Å². The molecule has 1 aliphatic carbocycles. The molecule has 1 saturated carbocycles. The highest BCUT2D eigenvalue weighted by molar-refractivity contribution is 6.31. The molecule has 5 nitrogen and oxygen atoms in total. The zero-order valence-electron chi connectivity index (χ0n) is 15.5. The molecule has 28 heavy (non-hydrogen) atoms. The number of para-hydroxylation sites is 1. The van der Waals surface area contributed by atoms with Gasteiger partial charge in [-0.1, -0.05) is 35.9 Å². The Labute approximate surface area is 168 Å². The number of hydrogen-bond acceptors (Lipinski definition) is 2. The summed E-state index contributed by atoms with van der Waals surface area (Å²) < 4.78 is 14.1. The van der Waals surface area contributed by atoms with E-state index in [0.29, 0.717) is 29.5 Å². The van der Waals surface area contributed by atoms with Crippen molar-refractivity contribution in [3.05, 3.63) is 64.4 Å². The van der Waals surface area contributed by atoms with Crippen LogP contribution >= 0.6 is 11.6 Å². The molecule has 3 atom stereocenters.